The minimum atomic E-state index is -3.60. The SMILES string of the molecule is CCCC(C)c1nnc(NC(=O)CCNS(=O)(=O)c2ccccc2)s1. The average molecular weight is 383 g/mol. The lowest BCUT2D eigenvalue weighted by Crippen LogP contribution is -2.27. The summed E-state index contributed by atoms with van der Waals surface area (Å²) in [4.78, 5) is 12.1. The molecule has 0 bridgehead atoms. The molecule has 136 valence electrons. The Labute approximate surface area is 151 Å². The normalized spacial score (nSPS) is 12.7. The molecule has 0 radical (unpaired) electrons. The molecule has 0 spiro atoms. The Kier molecular flexibility index (Phi) is 7.03. The zero-order chi connectivity index (χ0) is 18.3. The second kappa shape index (κ2) is 9.02. The molecule has 0 aliphatic heterocycles. The Morgan fingerprint density at radius 2 is 1.96 bits per heavy atom. The number of rotatable bonds is 9. The van der Waals surface area contributed by atoms with Crippen LogP contribution in [0.15, 0.2) is 35.2 Å². The van der Waals surface area contributed by atoms with Gasteiger partial charge in [0.1, 0.15) is 5.01 Å². The fourth-order valence-electron chi connectivity index (χ4n) is 2.20. The monoisotopic (exact) mass is 382 g/mol. The van der Waals surface area contributed by atoms with Gasteiger partial charge in [-0.3, -0.25) is 4.79 Å². The highest BCUT2D eigenvalue weighted by molar-refractivity contribution is 7.89. The molecule has 2 rings (SSSR count). The summed E-state index contributed by atoms with van der Waals surface area (Å²) in [5, 5.41) is 12.0. The van der Waals surface area contributed by atoms with Crippen LogP contribution in [0, 0.1) is 0 Å². The Balaban J connectivity index is 1.81. The van der Waals surface area contributed by atoms with Crippen LogP contribution in [0.2, 0.25) is 0 Å². The number of aromatic nitrogens is 2. The minimum Gasteiger partial charge on any atom is -0.300 e. The molecule has 1 atom stereocenters. The summed E-state index contributed by atoms with van der Waals surface area (Å²) in [5.74, 6) is 0.00689. The van der Waals surface area contributed by atoms with E-state index >= 15 is 0 Å². The highest BCUT2D eigenvalue weighted by atomic mass is 32.2. The fraction of sp³-hybridized carbons (Fsp3) is 0.438. The minimum absolute atomic E-state index is 0.0148. The highest BCUT2D eigenvalue weighted by Crippen LogP contribution is 2.26. The van der Waals surface area contributed by atoms with Crippen LogP contribution in [0.3, 0.4) is 0 Å². The van der Waals surface area contributed by atoms with E-state index in [1.54, 1.807) is 18.2 Å². The van der Waals surface area contributed by atoms with Crippen molar-refractivity contribution in [3.05, 3.63) is 35.3 Å². The molecular weight excluding hydrogens is 360 g/mol. The van der Waals surface area contributed by atoms with Gasteiger partial charge in [0, 0.05) is 18.9 Å². The van der Waals surface area contributed by atoms with Crippen LogP contribution in [-0.2, 0) is 14.8 Å². The standard InChI is InChI=1S/C16H22N4O3S2/c1-3-7-12(2)15-19-20-16(24-15)18-14(21)10-11-17-25(22,23)13-8-5-4-6-9-13/h4-6,8-9,12,17H,3,7,10-11H2,1-2H3,(H,18,20,21). The molecule has 0 saturated carbocycles. The van der Waals surface area contributed by atoms with Gasteiger partial charge in [-0.2, -0.15) is 0 Å². The van der Waals surface area contributed by atoms with E-state index in [9.17, 15) is 13.2 Å². The molecular formula is C16H22N4O3S2. The number of anilines is 1. The van der Waals surface area contributed by atoms with Crippen LogP contribution in [0.4, 0.5) is 5.13 Å². The third-order valence-corrected chi connectivity index (χ3v) is 6.08. The van der Waals surface area contributed by atoms with E-state index in [1.165, 1.54) is 23.5 Å². The van der Waals surface area contributed by atoms with Gasteiger partial charge in [0.2, 0.25) is 21.1 Å². The lowest BCUT2D eigenvalue weighted by Gasteiger charge is -2.06. The quantitative estimate of drug-likeness (QED) is 0.694. The van der Waals surface area contributed by atoms with E-state index in [0.717, 1.165) is 17.8 Å². The Morgan fingerprint density at radius 3 is 2.64 bits per heavy atom. The van der Waals surface area contributed by atoms with Crippen molar-refractivity contribution < 1.29 is 13.2 Å². The van der Waals surface area contributed by atoms with Crippen LogP contribution >= 0.6 is 11.3 Å². The third-order valence-electron chi connectivity index (χ3n) is 3.53. The number of sulfonamides is 1. The number of benzene rings is 1. The summed E-state index contributed by atoms with van der Waals surface area (Å²) in [7, 11) is -3.60. The molecule has 1 amide bonds. The fourth-order valence-corrected chi connectivity index (χ4v) is 4.10. The van der Waals surface area contributed by atoms with Crippen LogP contribution in [0.25, 0.3) is 0 Å². The Hall–Kier alpha value is -1.84. The molecule has 2 N–H and O–H groups in total. The van der Waals surface area contributed by atoms with Gasteiger partial charge in [0.25, 0.3) is 0 Å². The number of hydrogen-bond acceptors (Lipinski definition) is 6. The number of hydrogen-bond donors (Lipinski definition) is 2. The summed E-state index contributed by atoms with van der Waals surface area (Å²) < 4.78 is 26.5. The summed E-state index contributed by atoms with van der Waals surface area (Å²) in [6, 6.07) is 8.04. The molecule has 7 nitrogen and oxygen atoms in total. The predicted octanol–water partition coefficient (Wildman–Crippen LogP) is 2.75. The van der Waals surface area contributed by atoms with Crippen molar-refractivity contribution >= 4 is 32.4 Å². The van der Waals surface area contributed by atoms with E-state index in [0.29, 0.717) is 11.0 Å². The molecule has 1 aromatic heterocycles. The molecule has 25 heavy (non-hydrogen) atoms. The van der Waals surface area contributed by atoms with Crippen LogP contribution in [0.5, 0.6) is 0 Å². The zero-order valence-electron chi connectivity index (χ0n) is 14.2. The summed E-state index contributed by atoms with van der Waals surface area (Å²) >= 11 is 1.35. The van der Waals surface area contributed by atoms with E-state index < -0.39 is 10.0 Å². The predicted molar refractivity (Wildman–Crippen MR) is 98.1 cm³/mol. The lowest BCUT2D eigenvalue weighted by molar-refractivity contribution is -0.116. The second-order valence-corrected chi connectivity index (χ2v) is 8.42. The number of amides is 1. The summed E-state index contributed by atoms with van der Waals surface area (Å²) in [6.45, 7) is 4.20. The van der Waals surface area contributed by atoms with Crippen molar-refractivity contribution in [3.8, 4) is 0 Å². The van der Waals surface area contributed by atoms with Gasteiger partial charge in [0.15, 0.2) is 0 Å². The molecule has 9 heteroatoms. The van der Waals surface area contributed by atoms with Gasteiger partial charge in [-0.25, -0.2) is 13.1 Å². The number of carbonyl (C=O) groups excluding carboxylic acids is 1. The van der Waals surface area contributed by atoms with Crippen molar-refractivity contribution in [2.75, 3.05) is 11.9 Å². The van der Waals surface area contributed by atoms with Crippen LogP contribution in [-0.4, -0.2) is 31.1 Å². The number of carbonyl (C=O) groups is 1. The lowest BCUT2D eigenvalue weighted by atomic mass is 10.1. The Bertz CT molecular complexity index is 791. The van der Waals surface area contributed by atoms with E-state index in [1.807, 2.05) is 0 Å². The summed E-state index contributed by atoms with van der Waals surface area (Å²) in [5.41, 5.74) is 0. The maximum atomic E-state index is 12.0. The molecule has 1 aromatic carbocycles. The van der Waals surface area contributed by atoms with Crippen LogP contribution in [0.1, 0.15) is 44.0 Å². The molecule has 0 aliphatic carbocycles. The van der Waals surface area contributed by atoms with Gasteiger partial charge >= 0.3 is 0 Å². The van der Waals surface area contributed by atoms with Crippen molar-refractivity contribution in [2.45, 2.75) is 43.9 Å². The smallest absolute Gasteiger partial charge is 0.240 e. The summed E-state index contributed by atoms with van der Waals surface area (Å²) in [6.07, 6.45) is 2.10. The molecule has 1 unspecified atom stereocenters. The maximum Gasteiger partial charge on any atom is 0.240 e. The van der Waals surface area contributed by atoms with Crippen molar-refractivity contribution in [1.82, 2.24) is 14.9 Å². The van der Waals surface area contributed by atoms with Gasteiger partial charge in [0.05, 0.1) is 4.90 Å². The first-order valence-electron chi connectivity index (χ1n) is 8.10. The van der Waals surface area contributed by atoms with E-state index in [-0.39, 0.29) is 23.8 Å². The van der Waals surface area contributed by atoms with Crippen molar-refractivity contribution in [3.63, 3.8) is 0 Å². The molecule has 0 saturated heterocycles. The van der Waals surface area contributed by atoms with Gasteiger partial charge < -0.3 is 5.32 Å². The molecule has 1 heterocycles. The van der Waals surface area contributed by atoms with Gasteiger partial charge in [-0.15, -0.1) is 10.2 Å². The molecule has 0 aliphatic rings. The van der Waals surface area contributed by atoms with Crippen molar-refractivity contribution in [1.29, 1.82) is 0 Å². The zero-order valence-corrected chi connectivity index (χ0v) is 15.9. The first-order valence-corrected chi connectivity index (χ1v) is 10.4. The molecule has 0 fully saturated rings. The first-order chi connectivity index (χ1) is 11.9. The Morgan fingerprint density at radius 1 is 1.24 bits per heavy atom. The van der Waals surface area contributed by atoms with Crippen molar-refractivity contribution in [2.24, 2.45) is 0 Å². The van der Waals surface area contributed by atoms with E-state index in [4.69, 9.17) is 0 Å². The highest BCUT2D eigenvalue weighted by Gasteiger charge is 2.15. The second-order valence-electron chi connectivity index (χ2n) is 5.64. The van der Waals surface area contributed by atoms with Gasteiger partial charge in [-0.1, -0.05) is 49.8 Å². The largest absolute Gasteiger partial charge is 0.300 e. The van der Waals surface area contributed by atoms with Crippen LogP contribution < -0.4 is 10.0 Å². The topological polar surface area (TPSA) is 101 Å². The number of nitrogens with one attached hydrogen (secondary N) is 2. The number of nitrogens with zero attached hydrogens (tertiary/aromatic N) is 2. The molecule has 2 aromatic rings. The van der Waals surface area contributed by atoms with Gasteiger partial charge in [-0.05, 0) is 18.6 Å². The first kappa shape index (κ1) is 19.5. The average Bonchev–Trinajstić information content (AvgIpc) is 3.04. The third kappa shape index (κ3) is 5.87. The van der Waals surface area contributed by atoms with E-state index in [2.05, 4.69) is 34.1 Å². The maximum absolute atomic E-state index is 12.0.